The second-order valence-electron chi connectivity index (χ2n) is 9.93. The van der Waals surface area contributed by atoms with Crippen molar-refractivity contribution >= 4 is 12.0 Å². The summed E-state index contributed by atoms with van der Waals surface area (Å²) in [5, 5.41) is 0. The number of pyridine rings is 1. The number of likely N-dealkylation sites (tertiary alicyclic amines) is 1. The minimum Gasteiger partial charge on any atom is -0.496 e. The summed E-state index contributed by atoms with van der Waals surface area (Å²) in [5.41, 5.74) is 4.24. The second kappa shape index (κ2) is 11.7. The van der Waals surface area contributed by atoms with Crippen LogP contribution in [0.25, 0.3) is 6.08 Å². The summed E-state index contributed by atoms with van der Waals surface area (Å²) < 4.78 is 11.7. The standard InChI is InChI=1S/C29H39N3O3/c1-21-19-30-27(22(2)29(21)34-4)20-32-16-14-24(15-17-32)31(3)28(33)13-12-23-8-7-11-26(18-23)35-25-9-5-6-10-25/h7-8,11-13,18-19,24-25H,5-6,9-10,14-17,20H2,1-4H3. The Morgan fingerprint density at radius 2 is 1.91 bits per heavy atom. The molecule has 0 N–H and O–H groups in total. The van der Waals surface area contributed by atoms with E-state index >= 15 is 0 Å². The maximum Gasteiger partial charge on any atom is 0.246 e. The highest BCUT2D eigenvalue weighted by atomic mass is 16.5. The minimum absolute atomic E-state index is 0.0475. The highest BCUT2D eigenvalue weighted by Gasteiger charge is 2.25. The van der Waals surface area contributed by atoms with Crippen LogP contribution in [-0.2, 0) is 11.3 Å². The number of benzene rings is 1. The SMILES string of the molecule is COc1c(C)cnc(CN2CCC(N(C)C(=O)C=Cc3cccc(OC4CCCC4)c3)CC2)c1C. The van der Waals surface area contributed by atoms with E-state index in [4.69, 9.17) is 9.47 Å². The molecule has 2 aliphatic rings. The van der Waals surface area contributed by atoms with Crippen molar-refractivity contribution in [2.24, 2.45) is 0 Å². The Morgan fingerprint density at radius 3 is 2.63 bits per heavy atom. The van der Waals surface area contributed by atoms with Gasteiger partial charge in [-0.15, -0.1) is 0 Å². The molecule has 2 heterocycles. The topological polar surface area (TPSA) is 54.9 Å². The van der Waals surface area contributed by atoms with Crippen molar-refractivity contribution in [1.82, 2.24) is 14.8 Å². The van der Waals surface area contributed by atoms with Gasteiger partial charge in [-0.05, 0) is 76.1 Å². The van der Waals surface area contributed by atoms with E-state index in [9.17, 15) is 4.79 Å². The molecule has 1 aromatic heterocycles. The molecule has 0 radical (unpaired) electrons. The van der Waals surface area contributed by atoms with E-state index in [-0.39, 0.29) is 11.9 Å². The predicted octanol–water partition coefficient (Wildman–Crippen LogP) is 5.16. The van der Waals surface area contributed by atoms with Gasteiger partial charge < -0.3 is 14.4 Å². The van der Waals surface area contributed by atoms with Crippen LogP contribution >= 0.6 is 0 Å². The largest absolute Gasteiger partial charge is 0.496 e. The first kappa shape index (κ1) is 25.2. The van der Waals surface area contributed by atoms with Gasteiger partial charge in [-0.25, -0.2) is 0 Å². The van der Waals surface area contributed by atoms with E-state index in [1.165, 1.54) is 12.8 Å². The van der Waals surface area contributed by atoms with Crippen molar-refractivity contribution in [1.29, 1.82) is 0 Å². The molecule has 2 fully saturated rings. The van der Waals surface area contributed by atoms with Crippen molar-refractivity contribution in [2.45, 2.75) is 71.1 Å². The van der Waals surface area contributed by atoms with E-state index in [0.29, 0.717) is 6.10 Å². The monoisotopic (exact) mass is 477 g/mol. The highest BCUT2D eigenvalue weighted by Crippen LogP contribution is 2.27. The van der Waals surface area contributed by atoms with Gasteiger partial charge in [-0.1, -0.05) is 12.1 Å². The molecule has 4 rings (SSSR count). The summed E-state index contributed by atoms with van der Waals surface area (Å²) in [5.74, 6) is 1.87. The number of amides is 1. The Bertz CT molecular complexity index is 1040. The van der Waals surface area contributed by atoms with Crippen LogP contribution in [0.3, 0.4) is 0 Å². The van der Waals surface area contributed by atoms with Gasteiger partial charge in [0, 0.05) is 56.1 Å². The fourth-order valence-corrected chi connectivity index (χ4v) is 5.26. The number of carbonyl (C=O) groups is 1. The lowest BCUT2D eigenvalue weighted by molar-refractivity contribution is -0.127. The molecule has 35 heavy (non-hydrogen) atoms. The van der Waals surface area contributed by atoms with Gasteiger partial charge in [0.05, 0.1) is 18.9 Å². The molecule has 1 aliphatic carbocycles. The zero-order chi connectivity index (χ0) is 24.8. The zero-order valence-corrected chi connectivity index (χ0v) is 21.6. The lowest BCUT2D eigenvalue weighted by Crippen LogP contribution is -2.45. The number of carbonyl (C=O) groups excluding carboxylic acids is 1. The first-order valence-corrected chi connectivity index (χ1v) is 12.9. The molecule has 0 unspecified atom stereocenters. The summed E-state index contributed by atoms with van der Waals surface area (Å²) in [6, 6.07) is 8.29. The number of piperidine rings is 1. The quantitative estimate of drug-likeness (QED) is 0.491. The van der Waals surface area contributed by atoms with Gasteiger partial charge in [-0.3, -0.25) is 14.7 Å². The number of hydrogen-bond acceptors (Lipinski definition) is 5. The molecular weight excluding hydrogens is 438 g/mol. The molecule has 6 nitrogen and oxygen atoms in total. The number of ether oxygens (including phenoxy) is 2. The van der Waals surface area contributed by atoms with Gasteiger partial charge in [-0.2, -0.15) is 0 Å². The third-order valence-corrected chi connectivity index (χ3v) is 7.46. The van der Waals surface area contributed by atoms with E-state index in [1.54, 1.807) is 13.2 Å². The molecule has 0 spiro atoms. The van der Waals surface area contributed by atoms with Crippen LogP contribution in [0.4, 0.5) is 0 Å². The number of likely N-dealkylation sites (N-methyl/N-ethyl adjacent to an activating group) is 1. The summed E-state index contributed by atoms with van der Waals surface area (Å²) in [6.45, 7) is 6.81. The predicted molar refractivity (Wildman–Crippen MR) is 140 cm³/mol. The van der Waals surface area contributed by atoms with Crippen LogP contribution in [0.2, 0.25) is 0 Å². The Morgan fingerprint density at radius 1 is 1.17 bits per heavy atom. The van der Waals surface area contributed by atoms with Crippen LogP contribution in [0.5, 0.6) is 11.5 Å². The van der Waals surface area contributed by atoms with Crippen molar-refractivity contribution in [3.63, 3.8) is 0 Å². The number of methoxy groups -OCH3 is 1. The average Bonchev–Trinajstić information content (AvgIpc) is 3.38. The fourth-order valence-electron chi connectivity index (χ4n) is 5.26. The Labute approximate surface area is 209 Å². The molecule has 1 aliphatic heterocycles. The van der Waals surface area contributed by atoms with Gasteiger partial charge >= 0.3 is 0 Å². The molecule has 6 heteroatoms. The van der Waals surface area contributed by atoms with Crippen LogP contribution in [0, 0.1) is 13.8 Å². The van der Waals surface area contributed by atoms with Crippen LogP contribution in [0.1, 0.15) is 60.9 Å². The smallest absolute Gasteiger partial charge is 0.246 e. The van der Waals surface area contributed by atoms with E-state index in [2.05, 4.69) is 16.8 Å². The molecule has 0 bridgehead atoms. The third kappa shape index (κ3) is 6.43. The number of hydrogen-bond donors (Lipinski definition) is 0. The zero-order valence-electron chi connectivity index (χ0n) is 21.6. The summed E-state index contributed by atoms with van der Waals surface area (Å²) in [7, 11) is 3.63. The average molecular weight is 478 g/mol. The number of nitrogens with zero attached hydrogens (tertiary/aromatic N) is 3. The summed E-state index contributed by atoms with van der Waals surface area (Å²) in [6.07, 6.45) is 12.5. The van der Waals surface area contributed by atoms with Crippen LogP contribution in [-0.4, -0.2) is 60.1 Å². The van der Waals surface area contributed by atoms with Crippen LogP contribution in [0.15, 0.2) is 36.5 Å². The number of aromatic nitrogens is 1. The van der Waals surface area contributed by atoms with E-state index < -0.39 is 0 Å². The lowest BCUT2D eigenvalue weighted by atomic mass is 10.0. The van der Waals surface area contributed by atoms with Gasteiger partial charge in [0.25, 0.3) is 0 Å². The van der Waals surface area contributed by atoms with Gasteiger partial charge in [0.15, 0.2) is 0 Å². The van der Waals surface area contributed by atoms with Gasteiger partial charge in [0.1, 0.15) is 11.5 Å². The molecule has 1 saturated heterocycles. The van der Waals surface area contributed by atoms with Crippen molar-refractivity contribution in [2.75, 3.05) is 27.2 Å². The summed E-state index contributed by atoms with van der Waals surface area (Å²) in [4.78, 5) is 21.8. The van der Waals surface area contributed by atoms with E-state index in [1.807, 2.05) is 55.4 Å². The summed E-state index contributed by atoms with van der Waals surface area (Å²) >= 11 is 0. The molecule has 188 valence electrons. The third-order valence-electron chi connectivity index (χ3n) is 7.46. The minimum atomic E-state index is 0.0475. The van der Waals surface area contributed by atoms with E-state index in [0.717, 1.165) is 79.2 Å². The Hall–Kier alpha value is -2.86. The second-order valence-corrected chi connectivity index (χ2v) is 9.93. The molecular formula is C29H39N3O3. The Balaban J connectivity index is 1.28. The van der Waals surface area contributed by atoms with Crippen LogP contribution < -0.4 is 9.47 Å². The van der Waals surface area contributed by atoms with Crippen molar-refractivity contribution < 1.29 is 14.3 Å². The number of rotatable bonds is 8. The fraction of sp³-hybridized carbons (Fsp3) is 0.517. The molecule has 2 aromatic rings. The van der Waals surface area contributed by atoms with Gasteiger partial charge in [0.2, 0.25) is 5.91 Å². The first-order chi connectivity index (χ1) is 16.9. The first-order valence-electron chi connectivity index (χ1n) is 12.9. The highest BCUT2D eigenvalue weighted by molar-refractivity contribution is 5.91. The molecule has 1 aromatic carbocycles. The normalized spacial score (nSPS) is 17.7. The van der Waals surface area contributed by atoms with Crippen molar-refractivity contribution in [3.05, 3.63) is 58.9 Å². The maximum atomic E-state index is 12.9. The maximum absolute atomic E-state index is 12.9. The lowest BCUT2D eigenvalue weighted by Gasteiger charge is -2.36. The molecule has 1 amide bonds. The molecule has 1 saturated carbocycles. The van der Waals surface area contributed by atoms with Crippen molar-refractivity contribution in [3.8, 4) is 11.5 Å². The Kier molecular flexibility index (Phi) is 8.45. The molecule has 0 atom stereocenters. The number of aryl methyl sites for hydroxylation is 1.